The number of nitrogens with zero attached hydrogens (tertiary/aromatic N) is 1. The zero-order valence-corrected chi connectivity index (χ0v) is 14.9. The number of ketones is 2. The Labute approximate surface area is 154 Å². The first-order valence-corrected chi connectivity index (χ1v) is 9.23. The molecule has 0 unspecified atom stereocenters. The molecule has 0 aliphatic rings. The number of halogens is 3. The lowest BCUT2D eigenvalue weighted by atomic mass is 10.1. The molecule has 2 aromatic heterocycles. The van der Waals surface area contributed by atoms with Crippen molar-refractivity contribution in [3.8, 4) is 0 Å². The second-order valence-corrected chi connectivity index (χ2v) is 7.44. The van der Waals surface area contributed by atoms with Crippen molar-refractivity contribution in [2.75, 3.05) is 6.54 Å². The molecule has 0 bridgehead atoms. The van der Waals surface area contributed by atoms with E-state index >= 15 is 0 Å². The lowest BCUT2D eigenvalue weighted by Gasteiger charge is -2.09. The van der Waals surface area contributed by atoms with Gasteiger partial charge in [0.2, 0.25) is 0 Å². The molecule has 0 radical (unpaired) electrons. The van der Waals surface area contributed by atoms with Gasteiger partial charge in [-0.3, -0.25) is 14.6 Å². The monoisotopic (exact) mass is 395 g/mol. The number of benzene rings is 1. The minimum absolute atomic E-state index is 0.234. The summed E-state index contributed by atoms with van der Waals surface area (Å²) in [5.41, 5.74) is -1.23. The van der Waals surface area contributed by atoms with E-state index in [2.05, 4.69) is 4.99 Å². The van der Waals surface area contributed by atoms with Crippen LogP contribution in [0.3, 0.4) is 0 Å². The Morgan fingerprint density at radius 3 is 2.42 bits per heavy atom. The molecule has 3 rings (SSSR count). The first kappa shape index (κ1) is 18.5. The van der Waals surface area contributed by atoms with E-state index in [9.17, 15) is 22.8 Å². The highest BCUT2D eigenvalue weighted by Crippen LogP contribution is 2.26. The average molecular weight is 395 g/mol. The van der Waals surface area contributed by atoms with Crippen LogP contribution in [0.4, 0.5) is 13.2 Å². The molecule has 0 N–H and O–H groups in total. The number of thiophene rings is 2. The third kappa shape index (κ3) is 4.25. The second kappa shape index (κ2) is 7.51. The van der Waals surface area contributed by atoms with E-state index in [1.807, 2.05) is 24.3 Å². The number of rotatable bonds is 6. The van der Waals surface area contributed by atoms with Crippen LogP contribution in [-0.2, 0) is 0 Å². The highest BCUT2D eigenvalue weighted by molar-refractivity contribution is 7.20. The number of hydrogen-bond donors (Lipinski definition) is 0. The number of fused-ring (bicyclic) bond motifs is 1. The Balaban J connectivity index is 1.77. The molecule has 0 aliphatic heterocycles. The zero-order chi connectivity index (χ0) is 18.7. The normalized spacial score (nSPS) is 12.5. The molecule has 0 aliphatic carbocycles. The lowest BCUT2D eigenvalue weighted by Crippen LogP contribution is -2.26. The fourth-order valence-corrected chi connectivity index (χ4v) is 3.94. The third-order valence-corrected chi connectivity index (χ3v) is 5.63. The number of carbonyl (C=O) groups excluding carboxylic acids is 2. The van der Waals surface area contributed by atoms with Crippen LogP contribution < -0.4 is 0 Å². The van der Waals surface area contributed by atoms with Gasteiger partial charge in [0.1, 0.15) is 12.3 Å². The molecule has 0 atom stereocenters. The van der Waals surface area contributed by atoms with Crippen LogP contribution >= 0.6 is 22.7 Å². The molecule has 0 spiro atoms. The summed E-state index contributed by atoms with van der Waals surface area (Å²) in [6.45, 7) is -0.639. The molecule has 26 heavy (non-hydrogen) atoms. The summed E-state index contributed by atoms with van der Waals surface area (Å²) in [4.78, 5) is 28.2. The third-order valence-electron chi connectivity index (χ3n) is 3.57. The largest absolute Gasteiger partial charge is 0.429 e. The van der Waals surface area contributed by atoms with E-state index in [0.717, 1.165) is 21.4 Å². The number of carbonyl (C=O) groups is 2. The topological polar surface area (TPSA) is 46.5 Å². The molecule has 3 aromatic rings. The summed E-state index contributed by atoms with van der Waals surface area (Å²) in [7, 11) is 0. The first-order chi connectivity index (χ1) is 12.3. The molecule has 8 heteroatoms. The summed E-state index contributed by atoms with van der Waals surface area (Å²) < 4.78 is 40.3. The Hall–Kier alpha value is -2.32. The minimum atomic E-state index is -4.76. The van der Waals surface area contributed by atoms with Crippen molar-refractivity contribution in [3.63, 3.8) is 0 Å². The van der Waals surface area contributed by atoms with Crippen LogP contribution in [0.25, 0.3) is 10.1 Å². The van der Waals surface area contributed by atoms with Crippen molar-refractivity contribution in [3.05, 3.63) is 57.6 Å². The Morgan fingerprint density at radius 1 is 1.00 bits per heavy atom. The lowest BCUT2D eigenvalue weighted by molar-refractivity contribution is -0.0603. The van der Waals surface area contributed by atoms with Crippen LogP contribution in [0.1, 0.15) is 25.8 Å². The van der Waals surface area contributed by atoms with Crippen molar-refractivity contribution in [2.24, 2.45) is 4.99 Å². The van der Waals surface area contributed by atoms with Gasteiger partial charge in [-0.25, -0.2) is 0 Å². The van der Waals surface area contributed by atoms with Crippen molar-refractivity contribution >= 4 is 50.0 Å². The first-order valence-electron chi connectivity index (χ1n) is 7.53. The predicted molar refractivity (Wildman–Crippen MR) is 97.8 cm³/mol. The van der Waals surface area contributed by atoms with Crippen LogP contribution in [-0.4, -0.2) is 30.0 Å². The van der Waals surface area contributed by atoms with Gasteiger partial charge in [0.25, 0.3) is 0 Å². The maximum atomic E-state index is 13.2. The van der Waals surface area contributed by atoms with Gasteiger partial charge in [0.15, 0.2) is 11.6 Å². The number of alkyl halides is 3. The van der Waals surface area contributed by atoms with Gasteiger partial charge in [0, 0.05) is 4.70 Å². The molecule has 2 heterocycles. The highest BCUT2D eigenvalue weighted by Gasteiger charge is 2.37. The fraction of sp³-hybridized carbons (Fsp3) is 0.167. The van der Waals surface area contributed by atoms with Gasteiger partial charge >= 0.3 is 6.18 Å². The summed E-state index contributed by atoms with van der Waals surface area (Å²) in [6.07, 6.45) is -5.63. The SMILES string of the molecule is O=C(CC(=NCC(=O)c1cc2ccccc2s1)C(F)(F)F)c1cccs1. The Bertz CT molecular complexity index is 939. The number of hydrogen-bond acceptors (Lipinski definition) is 5. The van der Waals surface area contributed by atoms with Crippen molar-refractivity contribution in [1.29, 1.82) is 0 Å². The Morgan fingerprint density at radius 2 is 1.77 bits per heavy atom. The summed E-state index contributed by atoms with van der Waals surface area (Å²) in [5, 5.41) is 2.47. The predicted octanol–water partition coefficient (Wildman–Crippen LogP) is 5.42. The van der Waals surface area contributed by atoms with E-state index < -0.39 is 36.4 Å². The van der Waals surface area contributed by atoms with Crippen LogP contribution in [0.5, 0.6) is 0 Å². The van der Waals surface area contributed by atoms with E-state index in [1.165, 1.54) is 17.4 Å². The van der Waals surface area contributed by atoms with E-state index in [0.29, 0.717) is 4.88 Å². The van der Waals surface area contributed by atoms with Crippen LogP contribution in [0, 0.1) is 0 Å². The average Bonchev–Trinajstić information content (AvgIpc) is 3.25. The number of aliphatic imine (C=N–C) groups is 1. The molecule has 134 valence electrons. The standard InChI is InChI=1S/C18H12F3NO2S2/c19-18(20,21)17(9-12(23)15-6-3-7-25-15)22-10-13(24)16-8-11-4-1-2-5-14(11)26-16/h1-8H,9-10H2. The molecule has 3 nitrogen and oxygen atoms in total. The number of Topliss-reactive ketones (excluding diaryl/α,β-unsaturated/α-hetero) is 2. The van der Waals surface area contributed by atoms with E-state index in [-0.39, 0.29) is 4.88 Å². The van der Waals surface area contributed by atoms with E-state index in [1.54, 1.807) is 17.5 Å². The quantitative estimate of drug-likeness (QED) is 0.413. The second-order valence-electron chi connectivity index (χ2n) is 5.41. The van der Waals surface area contributed by atoms with Crippen molar-refractivity contribution < 1.29 is 22.8 Å². The van der Waals surface area contributed by atoms with Crippen molar-refractivity contribution in [1.82, 2.24) is 0 Å². The maximum absolute atomic E-state index is 13.2. The van der Waals surface area contributed by atoms with E-state index in [4.69, 9.17) is 0 Å². The van der Waals surface area contributed by atoms with Gasteiger partial charge in [-0.1, -0.05) is 24.3 Å². The van der Waals surface area contributed by atoms with Crippen LogP contribution in [0.15, 0.2) is 52.8 Å². The van der Waals surface area contributed by atoms with Gasteiger partial charge < -0.3 is 0 Å². The van der Waals surface area contributed by atoms with Crippen molar-refractivity contribution in [2.45, 2.75) is 12.6 Å². The molecular weight excluding hydrogens is 383 g/mol. The molecular formula is C18H12F3NO2S2. The highest BCUT2D eigenvalue weighted by atomic mass is 32.1. The van der Waals surface area contributed by atoms with Gasteiger partial charge in [-0.15, -0.1) is 22.7 Å². The van der Waals surface area contributed by atoms with Crippen LogP contribution in [0.2, 0.25) is 0 Å². The molecule has 0 saturated heterocycles. The summed E-state index contributed by atoms with van der Waals surface area (Å²) >= 11 is 2.28. The smallest absolute Gasteiger partial charge is 0.293 e. The van der Waals surface area contributed by atoms with Gasteiger partial charge in [-0.05, 0) is 29.0 Å². The molecule has 1 aromatic carbocycles. The van der Waals surface area contributed by atoms with Gasteiger partial charge in [0.05, 0.1) is 16.2 Å². The fourth-order valence-electron chi connectivity index (χ4n) is 2.29. The minimum Gasteiger partial charge on any atom is -0.293 e. The van der Waals surface area contributed by atoms with Gasteiger partial charge in [-0.2, -0.15) is 13.2 Å². The summed E-state index contributed by atoms with van der Waals surface area (Å²) in [6, 6.07) is 12.0. The molecule has 0 saturated carbocycles. The summed E-state index contributed by atoms with van der Waals surface area (Å²) in [5.74, 6) is -1.16. The maximum Gasteiger partial charge on any atom is 0.429 e. The molecule has 0 fully saturated rings. The molecule has 0 amide bonds. The zero-order valence-electron chi connectivity index (χ0n) is 13.2. The Kier molecular flexibility index (Phi) is 5.33.